The third-order valence-corrected chi connectivity index (χ3v) is 5.37. The predicted octanol–water partition coefficient (Wildman–Crippen LogP) is 4.38. The van der Waals surface area contributed by atoms with E-state index >= 15 is 0 Å². The van der Waals surface area contributed by atoms with Crippen LogP contribution < -0.4 is 15.5 Å². The summed E-state index contributed by atoms with van der Waals surface area (Å²) >= 11 is 1.27. The zero-order valence-corrected chi connectivity index (χ0v) is 16.9. The molecule has 3 aromatic rings. The van der Waals surface area contributed by atoms with Crippen molar-refractivity contribution >= 4 is 51.7 Å². The van der Waals surface area contributed by atoms with E-state index in [1.54, 1.807) is 41.8 Å². The number of carbonyl (C=O) groups is 3. The molecule has 31 heavy (non-hydrogen) atoms. The van der Waals surface area contributed by atoms with Crippen molar-refractivity contribution in [3.8, 4) is 0 Å². The Balaban J connectivity index is 1.72. The van der Waals surface area contributed by atoms with Crippen molar-refractivity contribution < 1.29 is 23.2 Å². The number of rotatable bonds is 5. The molecule has 156 valence electrons. The summed E-state index contributed by atoms with van der Waals surface area (Å²) < 4.78 is 27.1. The monoisotopic (exact) mass is 439 g/mol. The highest BCUT2D eigenvalue weighted by Gasteiger charge is 2.41. The number of imide groups is 1. The molecule has 0 atom stereocenters. The van der Waals surface area contributed by atoms with Gasteiger partial charge in [-0.15, -0.1) is 11.3 Å². The van der Waals surface area contributed by atoms with Crippen molar-refractivity contribution in [1.29, 1.82) is 0 Å². The number of benzene rings is 2. The molecule has 1 aromatic heterocycles. The van der Waals surface area contributed by atoms with Crippen LogP contribution in [0.4, 0.5) is 25.8 Å². The highest BCUT2D eigenvalue weighted by Crippen LogP contribution is 2.36. The van der Waals surface area contributed by atoms with Gasteiger partial charge in [0.15, 0.2) is 11.6 Å². The summed E-state index contributed by atoms with van der Waals surface area (Å²) in [7, 11) is 0. The SMILES string of the molecule is CC(=O)Nc1ccc(NC2=C(c3cccs3)C(=O)N(c3ccc(F)c(F)c3)C2=O)cc1. The summed E-state index contributed by atoms with van der Waals surface area (Å²) in [5.74, 6) is -3.79. The number of thiophene rings is 1. The number of anilines is 3. The number of carbonyl (C=O) groups excluding carboxylic acids is 3. The van der Waals surface area contributed by atoms with E-state index in [1.807, 2.05) is 0 Å². The number of nitrogens with one attached hydrogen (secondary N) is 2. The smallest absolute Gasteiger partial charge is 0.282 e. The number of nitrogens with zero attached hydrogens (tertiary/aromatic N) is 1. The Morgan fingerprint density at radius 1 is 0.935 bits per heavy atom. The number of hydrogen-bond donors (Lipinski definition) is 2. The van der Waals surface area contributed by atoms with E-state index in [1.165, 1.54) is 24.3 Å². The van der Waals surface area contributed by atoms with Gasteiger partial charge in [0.05, 0.1) is 11.3 Å². The average molecular weight is 439 g/mol. The fraction of sp³-hybridized carbons (Fsp3) is 0.0455. The second kappa shape index (κ2) is 8.11. The lowest BCUT2D eigenvalue weighted by atomic mass is 10.2. The lowest BCUT2D eigenvalue weighted by Crippen LogP contribution is -2.32. The average Bonchev–Trinajstić information content (AvgIpc) is 3.32. The minimum atomic E-state index is -1.16. The molecule has 0 radical (unpaired) electrons. The third kappa shape index (κ3) is 3.95. The van der Waals surface area contributed by atoms with Crippen molar-refractivity contribution in [3.63, 3.8) is 0 Å². The van der Waals surface area contributed by atoms with E-state index in [4.69, 9.17) is 0 Å². The van der Waals surface area contributed by atoms with Gasteiger partial charge in [-0.25, -0.2) is 13.7 Å². The molecule has 1 aliphatic rings. The maximum atomic E-state index is 13.7. The molecule has 3 amide bonds. The van der Waals surface area contributed by atoms with E-state index in [2.05, 4.69) is 10.6 Å². The summed E-state index contributed by atoms with van der Waals surface area (Å²) in [6.07, 6.45) is 0. The van der Waals surface area contributed by atoms with Gasteiger partial charge >= 0.3 is 0 Å². The van der Waals surface area contributed by atoms with E-state index in [0.717, 1.165) is 17.0 Å². The molecular formula is C22H15F2N3O3S. The van der Waals surface area contributed by atoms with Crippen molar-refractivity contribution in [2.75, 3.05) is 15.5 Å². The Hall–Kier alpha value is -3.85. The largest absolute Gasteiger partial charge is 0.350 e. The molecule has 0 fully saturated rings. The minimum absolute atomic E-state index is 0.0180. The Bertz CT molecular complexity index is 1220. The van der Waals surface area contributed by atoms with Gasteiger partial charge in [0, 0.05) is 29.2 Å². The second-order valence-electron chi connectivity index (χ2n) is 6.65. The molecule has 2 aromatic carbocycles. The Morgan fingerprint density at radius 2 is 1.65 bits per heavy atom. The van der Waals surface area contributed by atoms with Gasteiger partial charge < -0.3 is 10.6 Å². The van der Waals surface area contributed by atoms with Gasteiger partial charge in [0.25, 0.3) is 11.8 Å². The molecule has 0 aliphatic carbocycles. The van der Waals surface area contributed by atoms with Gasteiger partial charge in [-0.3, -0.25) is 14.4 Å². The van der Waals surface area contributed by atoms with Crippen LogP contribution in [0, 0.1) is 11.6 Å². The molecule has 4 rings (SSSR count). The van der Waals surface area contributed by atoms with Crippen LogP contribution in [0.5, 0.6) is 0 Å². The lowest BCUT2D eigenvalue weighted by molar-refractivity contribution is -0.120. The van der Waals surface area contributed by atoms with Crippen LogP contribution in [0.15, 0.2) is 65.7 Å². The first-order chi connectivity index (χ1) is 14.8. The first kappa shape index (κ1) is 20.4. The summed E-state index contributed by atoms with van der Waals surface area (Å²) in [6, 6.07) is 12.8. The first-order valence-electron chi connectivity index (χ1n) is 9.12. The van der Waals surface area contributed by atoms with Gasteiger partial charge in [-0.1, -0.05) is 6.07 Å². The third-order valence-electron chi connectivity index (χ3n) is 4.49. The number of halogens is 2. The van der Waals surface area contributed by atoms with Crippen LogP contribution in [0.25, 0.3) is 5.57 Å². The Kier molecular flexibility index (Phi) is 5.35. The van der Waals surface area contributed by atoms with Gasteiger partial charge in [0.1, 0.15) is 5.70 Å². The van der Waals surface area contributed by atoms with Crippen LogP contribution in [-0.4, -0.2) is 17.7 Å². The topological polar surface area (TPSA) is 78.5 Å². The van der Waals surface area contributed by atoms with Crippen LogP contribution in [0.3, 0.4) is 0 Å². The van der Waals surface area contributed by atoms with Gasteiger partial charge in [-0.05, 0) is 47.8 Å². The van der Waals surface area contributed by atoms with Crippen LogP contribution in [-0.2, 0) is 14.4 Å². The molecule has 0 spiro atoms. The molecule has 2 N–H and O–H groups in total. The fourth-order valence-corrected chi connectivity index (χ4v) is 3.91. The molecule has 1 aliphatic heterocycles. The molecule has 2 heterocycles. The summed E-state index contributed by atoms with van der Waals surface area (Å²) in [5, 5.41) is 7.36. The quantitative estimate of drug-likeness (QED) is 0.579. The highest BCUT2D eigenvalue weighted by molar-refractivity contribution is 7.11. The van der Waals surface area contributed by atoms with E-state index in [9.17, 15) is 23.2 Å². The van der Waals surface area contributed by atoms with Crippen LogP contribution in [0.1, 0.15) is 11.8 Å². The summed E-state index contributed by atoms with van der Waals surface area (Å²) in [4.78, 5) is 38.8. The Morgan fingerprint density at radius 3 is 2.26 bits per heavy atom. The Labute approximate surface area is 179 Å². The number of amides is 3. The second-order valence-corrected chi connectivity index (χ2v) is 7.60. The predicted molar refractivity (Wildman–Crippen MR) is 114 cm³/mol. The molecule has 9 heteroatoms. The van der Waals surface area contributed by atoms with Crippen molar-refractivity contribution in [2.45, 2.75) is 6.92 Å². The molecular weight excluding hydrogens is 424 g/mol. The first-order valence-corrected chi connectivity index (χ1v) is 10.00. The lowest BCUT2D eigenvalue weighted by Gasteiger charge is -2.15. The van der Waals surface area contributed by atoms with E-state index in [0.29, 0.717) is 16.3 Å². The fourth-order valence-electron chi connectivity index (χ4n) is 3.14. The van der Waals surface area contributed by atoms with Crippen molar-refractivity contribution in [1.82, 2.24) is 0 Å². The van der Waals surface area contributed by atoms with Crippen LogP contribution >= 0.6 is 11.3 Å². The van der Waals surface area contributed by atoms with Crippen molar-refractivity contribution in [2.24, 2.45) is 0 Å². The standard InChI is InChI=1S/C22H15F2N3O3S/c1-12(28)25-13-4-6-14(7-5-13)26-20-19(18-3-2-10-31-18)21(29)27(22(20)30)15-8-9-16(23)17(24)11-15/h2-11,26H,1H3,(H,25,28). The van der Waals surface area contributed by atoms with Gasteiger partial charge in [-0.2, -0.15) is 0 Å². The minimum Gasteiger partial charge on any atom is -0.350 e. The van der Waals surface area contributed by atoms with Crippen molar-refractivity contribution in [3.05, 3.63) is 82.2 Å². The van der Waals surface area contributed by atoms with Crippen LogP contribution in [0.2, 0.25) is 0 Å². The zero-order chi connectivity index (χ0) is 22.1. The molecule has 0 saturated carbocycles. The molecule has 0 saturated heterocycles. The molecule has 0 bridgehead atoms. The highest BCUT2D eigenvalue weighted by atomic mass is 32.1. The molecule has 0 unspecified atom stereocenters. The maximum absolute atomic E-state index is 13.7. The van der Waals surface area contributed by atoms with E-state index in [-0.39, 0.29) is 22.9 Å². The van der Waals surface area contributed by atoms with E-state index < -0.39 is 23.4 Å². The maximum Gasteiger partial charge on any atom is 0.282 e. The summed E-state index contributed by atoms with van der Waals surface area (Å²) in [6.45, 7) is 1.39. The normalized spacial score (nSPS) is 13.7. The van der Waals surface area contributed by atoms with Gasteiger partial charge in [0.2, 0.25) is 5.91 Å². The zero-order valence-electron chi connectivity index (χ0n) is 16.1. The summed E-state index contributed by atoms with van der Waals surface area (Å²) in [5.41, 5.74) is 1.16. The number of hydrogen-bond acceptors (Lipinski definition) is 5. The molecule has 6 nitrogen and oxygen atoms in total.